The normalized spacial score (nSPS) is 27.8. The molecule has 1 amide bonds. The van der Waals surface area contributed by atoms with Gasteiger partial charge in [-0.1, -0.05) is 18.2 Å². The van der Waals surface area contributed by atoms with E-state index in [-0.39, 0.29) is 24.2 Å². The van der Waals surface area contributed by atoms with Gasteiger partial charge >= 0.3 is 5.97 Å². The van der Waals surface area contributed by atoms with Crippen LogP contribution in [0.3, 0.4) is 0 Å². The van der Waals surface area contributed by atoms with Crippen LogP contribution in [0.25, 0.3) is 0 Å². The molecule has 0 saturated carbocycles. The highest BCUT2D eigenvalue weighted by Gasteiger charge is 2.37. The van der Waals surface area contributed by atoms with Crippen LogP contribution in [0, 0.1) is 0 Å². The molecule has 0 aromatic heterocycles. The molecule has 3 heterocycles. The summed E-state index contributed by atoms with van der Waals surface area (Å²) in [4.78, 5) is 28.3. The monoisotopic (exact) mass is 316 g/mol. The summed E-state index contributed by atoms with van der Waals surface area (Å²) in [6.45, 7) is 3.38. The quantitative estimate of drug-likeness (QED) is 0.767. The number of carbonyl (C=O) groups excluding carboxylic acids is 2. The van der Waals surface area contributed by atoms with Crippen molar-refractivity contribution in [1.29, 1.82) is 0 Å². The maximum absolute atomic E-state index is 12.4. The number of ether oxygens (including phenoxy) is 2. The Hall–Kier alpha value is -1.92. The summed E-state index contributed by atoms with van der Waals surface area (Å²) >= 11 is 0. The zero-order valence-corrected chi connectivity index (χ0v) is 12.9. The molecule has 2 saturated heterocycles. The van der Waals surface area contributed by atoms with Crippen LogP contribution in [0.1, 0.15) is 35.0 Å². The molecule has 0 unspecified atom stereocenters. The van der Waals surface area contributed by atoms with E-state index in [2.05, 4.69) is 4.90 Å². The van der Waals surface area contributed by atoms with Crippen molar-refractivity contribution >= 4 is 11.9 Å². The SMILES string of the molecule is O=C1O[C@H](N2CCN(C(=O)[C@H]3CCCO3)CC2)c2ccccc21. The lowest BCUT2D eigenvalue weighted by Gasteiger charge is -2.37. The number of hydrogen-bond donors (Lipinski definition) is 0. The Bertz CT molecular complexity index is 619. The number of fused-ring (bicyclic) bond motifs is 1. The molecule has 1 aromatic carbocycles. The average molecular weight is 316 g/mol. The largest absolute Gasteiger partial charge is 0.438 e. The summed E-state index contributed by atoms with van der Waals surface area (Å²) in [6, 6.07) is 7.51. The van der Waals surface area contributed by atoms with Gasteiger partial charge in [0.15, 0.2) is 6.23 Å². The maximum Gasteiger partial charge on any atom is 0.340 e. The number of rotatable bonds is 2. The highest BCUT2D eigenvalue weighted by atomic mass is 16.6. The molecular formula is C17H20N2O4. The molecule has 23 heavy (non-hydrogen) atoms. The van der Waals surface area contributed by atoms with Crippen LogP contribution in [0.5, 0.6) is 0 Å². The Morgan fingerprint density at radius 1 is 1.13 bits per heavy atom. The van der Waals surface area contributed by atoms with Crippen LogP contribution in [-0.2, 0) is 14.3 Å². The van der Waals surface area contributed by atoms with Gasteiger partial charge in [0.1, 0.15) is 6.10 Å². The van der Waals surface area contributed by atoms with Crippen molar-refractivity contribution in [2.75, 3.05) is 32.8 Å². The minimum atomic E-state index is -0.321. The number of benzene rings is 1. The number of hydrogen-bond acceptors (Lipinski definition) is 5. The summed E-state index contributed by atoms with van der Waals surface area (Å²) < 4.78 is 11.0. The first-order valence-electron chi connectivity index (χ1n) is 8.18. The number of piperazine rings is 1. The molecular weight excluding hydrogens is 296 g/mol. The number of cyclic esters (lactones) is 1. The molecule has 6 heteroatoms. The lowest BCUT2D eigenvalue weighted by Crippen LogP contribution is -2.52. The molecule has 1 aromatic rings. The van der Waals surface area contributed by atoms with Gasteiger partial charge in [-0.15, -0.1) is 0 Å². The molecule has 0 bridgehead atoms. The van der Waals surface area contributed by atoms with Crippen molar-refractivity contribution in [2.45, 2.75) is 25.2 Å². The molecule has 0 N–H and O–H groups in total. The zero-order valence-electron chi connectivity index (χ0n) is 12.9. The van der Waals surface area contributed by atoms with Crippen LogP contribution >= 0.6 is 0 Å². The van der Waals surface area contributed by atoms with Gasteiger partial charge in [-0.25, -0.2) is 4.79 Å². The lowest BCUT2D eigenvalue weighted by atomic mass is 10.1. The number of nitrogens with zero attached hydrogens (tertiary/aromatic N) is 2. The van der Waals surface area contributed by atoms with Crippen LogP contribution < -0.4 is 0 Å². The van der Waals surface area contributed by atoms with Gasteiger partial charge in [-0.3, -0.25) is 9.69 Å². The number of carbonyl (C=O) groups is 2. The summed E-state index contributed by atoms with van der Waals surface area (Å²) in [5.74, 6) is -0.158. The van der Waals surface area contributed by atoms with Gasteiger partial charge in [-0.2, -0.15) is 0 Å². The minimum absolute atomic E-state index is 0.103. The van der Waals surface area contributed by atoms with E-state index in [1.54, 1.807) is 6.07 Å². The van der Waals surface area contributed by atoms with Gasteiger partial charge in [0.05, 0.1) is 5.56 Å². The van der Waals surface area contributed by atoms with Crippen LogP contribution in [0.15, 0.2) is 24.3 Å². The van der Waals surface area contributed by atoms with Gasteiger partial charge in [-0.05, 0) is 18.9 Å². The fourth-order valence-corrected chi connectivity index (χ4v) is 3.55. The van der Waals surface area contributed by atoms with E-state index in [0.29, 0.717) is 38.3 Å². The smallest absolute Gasteiger partial charge is 0.340 e. The summed E-state index contributed by atoms with van der Waals surface area (Å²) in [6.07, 6.45) is 1.21. The van der Waals surface area contributed by atoms with Crippen molar-refractivity contribution < 1.29 is 19.1 Å². The molecule has 3 aliphatic heterocycles. The summed E-state index contributed by atoms with van der Waals surface area (Å²) in [5.41, 5.74) is 1.58. The second-order valence-electron chi connectivity index (χ2n) is 6.21. The Kier molecular flexibility index (Phi) is 3.79. The van der Waals surface area contributed by atoms with E-state index in [1.165, 1.54) is 0 Å². The molecule has 2 fully saturated rings. The van der Waals surface area contributed by atoms with E-state index < -0.39 is 0 Å². The topological polar surface area (TPSA) is 59.1 Å². The fourth-order valence-electron chi connectivity index (χ4n) is 3.55. The fraction of sp³-hybridized carbons (Fsp3) is 0.529. The van der Waals surface area contributed by atoms with E-state index in [4.69, 9.17) is 9.47 Å². The van der Waals surface area contributed by atoms with E-state index in [1.807, 2.05) is 23.1 Å². The lowest BCUT2D eigenvalue weighted by molar-refractivity contribution is -0.144. The third-order valence-corrected chi connectivity index (χ3v) is 4.83. The van der Waals surface area contributed by atoms with Crippen molar-refractivity contribution in [1.82, 2.24) is 9.80 Å². The predicted molar refractivity (Wildman–Crippen MR) is 81.7 cm³/mol. The highest BCUT2D eigenvalue weighted by Crippen LogP contribution is 2.33. The van der Waals surface area contributed by atoms with Crippen LogP contribution in [0.2, 0.25) is 0 Å². The molecule has 0 radical (unpaired) electrons. The van der Waals surface area contributed by atoms with Crippen LogP contribution in [-0.4, -0.2) is 60.6 Å². The second kappa shape index (κ2) is 5.94. The summed E-state index contributed by atoms with van der Waals surface area (Å²) in [7, 11) is 0. The Morgan fingerprint density at radius 2 is 1.91 bits per heavy atom. The Morgan fingerprint density at radius 3 is 2.65 bits per heavy atom. The average Bonchev–Trinajstić information content (AvgIpc) is 3.23. The first kappa shape index (κ1) is 14.7. The molecule has 122 valence electrons. The second-order valence-corrected chi connectivity index (χ2v) is 6.21. The minimum Gasteiger partial charge on any atom is -0.438 e. The third kappa shape index (κ3) is 2.62. The van der Waals surface area contributed by atoms with Crippen LogP contribution in [0.4, 0.5) is 0 Å². The first-order chi connectivity index (χ1) is 11.2. The molecule has 2 atom stereocenters. The zero-order chi connectivity index (χ0) is 15.8. The highest BCUT2D eigenvalue weighted by molar-refractivity contribution is 5.93. The molecule has 4 rings (SSSR count). The van der Waals surface area contributed by atoms with Gasteiger partial charge in [0.25, 0.3) is 5.91 Å². The third-order valence-electron chi connectivity index (χ3n) is 4.83. The van der Waals surface area contributed by atoms with Crippen molar-refractivity contribution in [2.24, 2.45) is 0 Å². The van der Waals surface area contributed by atoms with E-state index in [9.17, 15) is 9.59 Å². The number of amides is 1. The van der Waals surface area contributed by atoms with Gasteiger partial charge in [0.2, 0.25) is 0 Å². The predicted octanol–water partition coefficient (Wildman–Crippen LogP) is 1.18. The van der Waals surface area contributed by atoms with Crippen molar-refractivity contribution in [3.8, 4) is 0 Å². The van der Waals surface area contributed by atoms with Crippen molar-refractivity contribution in [3.05, 3.63) is 35.4 Å². The molecule has 3 aliphatic rings. The molecule has 0 spiro atoms. The number of esters is 1. The standard InChI is InChI=1S/C17H20N2O4/c20-15(14-6-3-11-22-14)18-7-9-19(10-8-18)16-12-4-1-2-5-13(12)17(21)23-16/h1-2,4-5,14,16H,3,6-11H2/t14-,16+/m1/s1. The molecule has 0 aliphatic carbocycles. The molecule has 6 nitrogen and oxygen atoms in total. The maximum atomic E-state index is 12.4. The first-order valence-corrected chi connectivity index (χ1v) is 8.18. The van der Waals surface area contributed by atoms with Crippen molar-refractivity contribution in [3.63, 3.8) is 0 Å². The Labute approximate surface area is 134 Å². The van der Waals surface area contributed by atoms with E-state index in [0.717, 1.165) is 18.4 Å². The van der Waals surface area contributed by atoms with E-state index >= 15 is 0 Å². The Balaban J connectivity index is 1.40. The van der Waals surface area contributed by atoms with Gasteiger partial charge < -0.3 is 14.4 Å². The summed E-state index contributed by atoms with van der Waals surface area (Å²) in [5, 5.41) is 0. The van der Waals surface area contributed by atoms with Gasteiger partial charge in [0, 0.05) is 38.3 Å².